The third kappa shape index (κ3) is 4.18. The highest BCUT2D eigenvalue weighted by molar-refractivity contribution is 7.80. The first-order valence-corrected chi connectivity index (χ1v) is 11.4. The van der Waals surface area contributed by atoms with Crippen LogP contribution in [0.15, 0.2) is 97.3 Å². The Bertz CT molecular complexity index is 1290. The van der Waals surface area contributed by atoms with E-state index in [2.05, 4.69) is 38.0 Å². The summed E-state index contributed by atoms with van der Waals surface area (Å²) in [4.78, 5) is 18.7. The van der Waals surface area contributed by atoms with Gasteiger partial charge in [-0.1, -0.05) is 36.4 Å². The predicted octanol–water partition coefficient (Wildman–Crippen LogP) is 4.83. The molecular weight excluding hydrogens is 444 g/mol. The summed E-state index contributed by atoms with van der Waals surface area (Å²) in [5, 5.41) is 4.20. The highest BCUT2D eigenvalue weighted by Gasteiger charge is 2.41. The first kappa shape index (κ1) is 21.9. The minimum atomic E-state index is -0.353. The summed E-state index contributed by atoms with van der Waals surface area (Å²) in [6.45, 7) is 0.674. The average Bonchev–Trinajstić information content (AvgIpc) is 3.49. The molecule has 1 saturated heterocycles. The Labute approximate surface area is 203 Å². The second kappa shape index (κ2) is 9.49. The Balaban J connectivity index is 1.56. The van der Waals surface area contributed by atoms with E-state index in [0.717, 1.165) is 17.1 Å². The summed E-state index contributed by atoms with van der Waals surface area (Å²) in [5.74, 6) is -0.353. The molecule has 170 valence electrons. The van der Waals surface area contributed by atoms with Gasteiger partial charge in [0.05, 0.1) is 30.5 Å². The van der Waals surface area contributed by atoms with Crippen LogP contribution in [-0.4, -0.2) is 32.6 Å². The van der Waals surface area contributed by atoms with Crippen LogP contribution in [-0.2, 0) is 11.3 Å². The van der Waals surface area contributed by atoms with E-state index in [9.17, 15) is 4.79 Å². The number of nitrogens with one attached hydrogen (secondary N) is 1. The number of ether oxygens (including phenoxy) is 1. The van der Waals surface area contributed by atoms with Crippen LogP contribution in [0, 0.1) is 0 Å². The summed E-state index contributed by atoms with van der Waals surface area (Å²) < 4.78 is 6.97. The number of esters is 1. The molecule has 1 N–H and O–H groups in total. The molecule has 0 bridgehead atoms. The van der Waals surface area contributed by atoms with Gasteiger partial charge in [-0.25, -0.2) is 4.79 Å². The molecule has 0 spiro atoms. The van der Waals surface area contributed by atoms with Crippen LogP contribution >= 0.6 is 12.2 Å². The van der Waals surface area contributed by atoms with Gasteiger partial charge < -0.3 is 19.5 Å². The lowest BCUT2D eigenvalue weighted by Gasteiger charge is -2.29. The van der Waals surface area contributed by atoms with Gasteiger partial charge in [-0.3, -0.25) is 4.98 Å². The van der Waals surface area contributed by atoms with Crippen LogP contribution in [0.25, 0.3) is 5.69 Å². The Kier molecular flexibility index (Phi) is 6.10. The zero-order valence-electron chi connectivity index (χ0n) is 18.7. The van der Waals surface area contributed by atoms with E-state index in [1.165, 1.54) is 12.7 Å². The highest BCUT2D eigenvalue weighted by Crippen LogP contribution is 2.40. The monoisotopic (exact) mass is 468 g/mol. The number of thiocarbonyl (C=S) groups is 1. The molecule has 2 atom stereocenters. The van der Waals surface area contributed by atoms with Gasteiger partial charge in [0.25, 0.3) is 0 Å². The largest absolute Gasteiger partial charge is 0.465 e. The minimum absolute atomic E-state index is 0.0853. The van der Waals surface area contributed by atoms with E-state index >= 15 is 0 Å². The molecule has 7 heteroatoms. The second-order valence-corrected chi connectivity index (χ2v) is 8.47. The summed E-state index contributed by atoms with van der Waals surface area (Å²) >= 11 is 5.81. The Morgan fingerprint density at radius 1 is 1.00 bits per heavy atom. The molecule has 6 nitrogen and oxygen atoms in total. The number of methoxy groups -OCH3 is 1. The summed E-state index contributed by atoms with van der Waals surface area (Å²) in [6.07, 6.45) is 3.83. The van der Waals surface area contributed by atoms with Crippen LogP contribution in [0.2, 0.25) is 0 Å². The molecule has 1 aliphatic heterocycles. The smallest absolute Gasteiger partial charge is 0.337 e. The van der Waals surface area contributed by atoms with Gasteiger partial charge in [0.1, 0.15) is 0 Å². The maximum Gasteiger partial charge on any atom is 0.337 e. The van der Waals surface area contributed by atoms with Crippen molar-refractivity contribution < 1.29 is 9.53 Å². The number of hydrogen-bond donors (Lipinski definition) is 1. The molecule has 0 saturated carbocycles. The fourth-order valence-corrected chi connectivity index (χ4v) is 4.73. The van der Waals surface area contributed by atoms with Crippen molar-refractivity contribution in [2.75, 3.05) is 7.11 Å². The third-order valence-electron chi connectivity index (χ3n) is 6.04. The topological polar surface area (TPSA) is 59.4 Å². The van der Waals surface area contributed by atoms with Gasteiger partial charge in [0.15, 0.2) is 5.11 Å². The molecule has 3 heterocycles. The number of benzene rings is 2. The molecule has 1 fully saturated rings. The molecule has 0 radical (unpaired) electrons. The normalized spacial score (nSPS) is 17.4. The van der Waals surface area contributed by atoms with Gasteiger partial charge in [0.2, 0.25) is 0 Å². The van der Waals surface area contributed by atoms with Crippen LogP contribution in [0.5, 0.6) is 0 Å². The summed E-state index contributed by atoms with van der Waals surface area (Å²) in [6, 6.07) is 27.6. The second-order valence-electron chi connectivity index (χ2n) is 8.08. The highest BCUT2D eigenvalue weighted by atomic mass is 32.1. The van der Waals surface area contributed by atoms with E-state index in [0.29, 0.717) is 17.2 Å². The van der Waals surface area contributed by atoms with Gasteiger partial charge >= 0.3 is 5.97 Å². The Morgan fingerprint density at radius 2 is 1.76 bits per heavy atom. The molecule has 0 unspecified atom stereocenters. The van der Waals surface area contributed by atoms with Crippen molar-refractivity contribution in [3.8, 4) is 5.69 Å². The maximum atomic E-state index is 11.9. The Morgan fingerprint density at radius 3 is 2.47 bits per heavy atom. The maximum absolute atomic E-state index is 11.9. The van der Waals surface area contributed by atoms with E-state index < -0.39 is 0 Å². The molecule has 1 aliphatic rings. The lowest BCUT2D eigenvalue weighted by molar-refractivity contribution is 0.0600. The van der Waals surface area contributed by atoms with Crippen molar-refractivity contribution >= 4 is 23.3 Å². The van der Waals surface area contributed by atoms with Crippen molar-refractivity contribution in [2.24, 2.45) is 0 Å². The number of pyridine rings is 1. The predicted molar refractivity (Wildman–Crippen MR) is 135 cm³/mol. The number of rotatable bonds is 6. The molecule has 0 amide bonds. The fourth-order valence-electron chi connectivity index (χ4n) is 4.42. The van der Waals surface area contributed by atoms with E-state index in [1.807, 2.05) is 67.0 Å². The van der Waals surface area contributed by atoms with Gasteiger partial charge in [0, 0.05) is 30.3 Å². The van der Waals surface area contributed by atoms with Crippen molar-refractivity contribution in [1.82, 2.24) is 19.8 Å². The summed E-state index contributed by atoms with van der Waals surface area (Å²) in [7, 11) is 1.38. The van der Waals surface area contributed by atoms with Crippen LogP contribution in [0.4, 0.5) is 0 Å². The number of nitrogens with zero attached hydrogens (tertiary/aromatic N) is 3. The Hall–Kier alpha value is -3.97. The third-order valence-corrected chi connectivity index (χ3v) is 6.40. The number of aromatic nitrogens is 2. The SMILES string of the molecule is COC(=O)c1ccc(-n2cccc2[C@@H]2[C@H](c3ccccn3)NC(=S)N2Cc2ccccc2)cc1. The van der Waals surface area contributed by atoms with E-state index in [1.54, 1.807) is 12.1 Å². The zero-order chi connectivity index (χ0) is 23.5. The van der Waals surface area contributed by atoms with Crippen LogP contribution < -0.4 is 5.32 Å². The standard InChI is InChI=1S/C27H24N4O2S/c1-33-26(32)20-12-14-21(15-13-20)30-17-7-11-23(30)25-24(22-10-5-6-16-28-22)29-27(34)31(25)18-19-8-3-2-4-9-19/h2-17,24-25H,18H2,1H3,(H,29,34)/t24-,25+/m0/s1. The number of carbonyl (C=O) groups is 1. The van der Waals surface area contributed by atoms with E-state index in [4.69, 9.17) is 17.0 Å². The van der Waals surface area contributed by atoms with Crippen molar-refractivity contribution in [1.29, 1.82) is 0 Å². The molecule has 0 aliphatic carbocycles. The molecule has 4 aromatic rings. The molecule has 34 heavy (non-hydrogen) atoms. The number of carbonyl (C=O) groups excluding carboxylic acids is 1. The first-order chi connectivity index (χ1) is 16.7. The molecular formula is C27H24N4O2S. The van der Waals surface area contributed by atoms with E-state index in [-0.39, 0.29) is 18.1 Å². The minimum Gasteiger partial charge on any atom is -0.465 e. The zero-order valence-corrected chi connectivity index (χ0v) is 19.5. The first-order valence-electron chi connectivity index (χ1n) is 11.0. The average molecular weight is 469 g/mol. The molecule has 2 aromatic heterocycles. The van der Waals surface area contributed by atoms with Crippen LogP contribution in [0.1, 0.15) is 39.4 Å². The van der Waals surface area contributed by atoms with Gasteiger partial charge in [-0.15, -0.1) is 0 Å². The van der Waals surface area contributed by atoms with Gasteiger partial charge in [-0.05, 0) is 66.3 Å². The van der Waals surface area contributed by atoms with Crippen molar-refractivity contribution in [3.05, 3.63) is 120 Å². The van der Waals surface area contributed by atoms with Crippen molar-refractivity contribution in [3.63, 3.8) is 0 Å². The summed E-state index contributed by atoms with van der Waals surface area (Å²) in [5.41, 5.74) is 4.65. The fraction of sp³-hybridized carbons (Fsp3) is 0.148. The molecule has 2 aromatic carbocycles. The molecule has 5 rings (SSSR count). The quantitative estimate of drug-likeness (QED) is 0.323. The lowest BCUT2D eigenvalue weighted by atomic mass is 10.0. The number of hydrogen-bond acceptors (Lipinski definition) is 4. The van der Waals surface area contributed by atoms with Crippen LogP contribution in [0.3, 0.4) is 0 Å². The lowest BCUT2D eigenvalue weighted by Crippen LogP contribution is -2.30. The van der Waals surface area contributed by atoms with Gasteiger partial charge in [-0.2, -0.15) is 0 Å². The van der Waals surface area contributed by atoms with Crippen molar-refractivity contribution in [2.45, 2.75) is 18.6 Å².